The van der Waals surface area contributed by atoms with E-state index < -0.39 is 40.6 Å². The van der Waals surface area contributed by atoms with E-state index >= 15 is 0 Å². The van der Waals surface area contributed by atoms with Gasteiger partial charge in [0.1, 0.15) is 5.56 Å². The quantitative estimate of drug-likeness (QED) is 0.394. The van der Waals surface area contributed by atoms with Gasteiger partial charge in [0.05, 0.1) is 0 Å². The summed E-state index contributed by atoms with van der Waals surface area (Å²) >= 11 is 5.57. The van der Waals surface area contributed by atoms with E-state index in [2.05, 4.69) is 0 Å². The highest BCUT2D eigenvalue weighted by Crippen LogP contribution is 2.22. The van der Waals surface area contributed by atoms with Gasteiger partial charge in [-0.05, 0) is 13.3 Å². The molecule has 0 radical (unpaired) electrons. The number of alkyl halides is 1. The fourth-order valence-corrected chi connectivity index (χ4v) is 1.39. The lowest BCUT2D eigenvalue weighted by Crippen LogP contribution is -2.28. The van der Waals surface area contributed by atoms with Crippen LogP contribution >= 0.6 is 11.6 Å². The second kappa shape index (κ2) is 6.18. The van der Waals surface area contributed by atoms with Crippen molar-refractivity contribution in [3.05, 3.63) is 34.6 Å². The molecule has 106 valence electrons. The minimum absolute atomic E-state index is 0.0526. The molecule has 1 unspecified atom stereocenters. The summed E-state index contributed by atoms with van der Waals surface area (Å²) in [6.45, 7) is 1.56. The van der Waals surface area contributed by atoms with Crippen LogP contribution in [0, 0.1) is 29.1 Å². The van der Waals surface area contributed by atoms with E-state index in [0.29, 0.717) is 0 Å². The highest BCUT2D eigenvalue weighted by atomic mass is 35.5. The zero-order valence-electron chi connectivity index (χ0n) is 9.67. The molecule has 0 aliphatic heterocycles. The second-order valence-electron chi connectivity index (χ2n) is 3.77. The van der Waals surface area contributed by atoms with Gasteiger partial charge in [0, 0.05) is 11.9 Å². The number of carbonyl (C=O) groups is 1. The molecule has 2 nitrogen and oxygen atoms in total. The molecule has 1 atom stereocenters. The standard InChI is InChI=1S/C11H9ClF5NO/c1-4(12)2-3-18-11(19)5-6(13)8(15)10(17)9(16)7(5)14/h4H,2-3H2,1H3,(H,18,19). The van der Waals surface area contributed by atoms with Crippen LogP contribution in [-0.4, -0.2) is 17.8 Å². The van der Waals surface area contributed by atoms with Crippen LogP contribution < -0.4 is 5.32 Å². The van der Waals surface area contributed by atoms with Crippen molar-refractivity contribution < 1.29 is 26.7 Å². The largest absolute Gasteiger partial charge is 0.352 e. The van der Waals surface area contributed by atoms with Gasteiger partial charge < -0.3 is 5.32 Å². The number of hydrogen-bond donors (Lipinski definition) is 1. The molecule has 19 heavy (non-hydrogen) atoms. The predicted octanol–water partition coefficient (Wildman–Crippen LogP) is 3.13. The first-order valence-corrected chi connectivity index (χ1v) is 5.64. The fraction of sp³-hybridized carbons (Fsp3) is 0.364. The molecule has 0 heterocycles. The van der Waals surface area contributed by atoms with Crippen molar-refractivity contribution in [2.75, 3.05) is 6.54 Å². The zero-order chi connectivity index (χ0) is 14.7. The van der Waals surface area contributed by atoms with Crippen LogP contribution in [-0.2, 0) is 0 Å². The zero-order valence-corrected chi connectivity index (χ0v) is 10.4. The lowest BCUT2D eigenvalue weighted by atomic mass is 10.1. The Morgan fingerprint density at radius 2 is 1.47 bits per heavy atom. The highest BCUT2D eigenvalue weighted by Gasteiger charge is 2.29. The summed E-state index contributed by atoms with van der Waals surface area (Å²) in [4.78, 5) is 11.4. The summed E-state index contributed by atoms with van der Waals surface area (Å²) in [5.74, 6) is -12.3. The Kier molecular flexibility index (Phi) is 5.11. The maximum atomic E-state index is 13.2. The maximum absolute atomic E-state index is 13.2. The molecule has 8 heteroatoms. The molecule has 0 saturated heterocycles. The Hall–Kier alpha value is -1.37. The van der Waals surface area contributed by atoms with E-state index in [1.807, 2.05) is 5.32 Å². The monoisotopic (exact) mass is 301 g/mol. The molecule has 0 fully saturated rings. The van der Waals surface area contributed by atoms with Crippen LogP contribution in [0.4, 0.5) is 22.0 Å². The number of nitrogens with one attached hydrogen (secondary N) is 1. The van der Waals surface area contributed by atoms with Crippen LogP contribution in [0.5, 0.6) is 0 Å². The summed E-state index contributed by atoms with van der Waals surface area (Å²) in [6.07, 6.45) is 0.280. The molecule has 0 aromatic heterocycles. The van der Waals surface area contributed by atoms with E-state index in [1.54, 1.807) is 6.92 Å². The van der Waals surface area contributed by atoms with Crippen LogP contribution in [0.15, 0.2) is 0 Å². The van der Waals surface area contributed by atoms with E-state index in [4.69, 9.17) is 11.6 Å². The molecule has 1 rings (SSSR count). The Balaban J connectivity index is 3.04. The number of carbonyl (C=O) groups excluding carboxylic acids is 1. The first-order valence-electron chi connectivity index (χ1n) is 5.21. The van der Waals surface area contributed by atoms with Gasteiger partial charge in [0.15, 0.2) is 23.3 Å². The Bertz CT molecular complexity index is 477. The maximum Gasteiger partial charge on any atom is 0.257 e. The highest BCUT2D eigenvalue weighted by molar-refractivity contribution is 6.20. The number of rotatable bonds is 4. The molecule has 0 aliphatic rings. The molecule has 1 amide bonds. The van der Waals surface area contributed by atoms with Crippen LogP contribution in [0.1, 0.15) is 23.7 Å². The topological polar surface area (TPSA) is 29.1 Å². The summed E-state index contributed by atoms with van der Waals surface area (Å²) in [5, 5.41) is 1.72. The van der Waals surface area contributed by atoms with Crippen molar-refractivity contribution in [1.82, 2.24) is 5.32 Å². The van der Waals surface area contributed by atoms with Crippen molar-refractivity contribution in [3.8, 4) is 0 Å². The third-order valence-corrected chi connectivity index (χ3v) is 2.48. The smallest absolute Gasteiger partial charge is 0.257 e. The van der Waals surface area contributed by atoms with E-state index in [-0.39, 0.29) is 18.3 Å². The fourth-order valence-electron chi connectivity index (χ4n) is 1.28. The summed E-state index contributed by atoms with van der Waals surface area (Å²) < 4.78 is 64.9. The average molecular weight is 302 g/mol. The van der Waals surface area contributed by atoms with Gasteiger partial charge in [0.25, 0.3) is 5.91 Å². The molecular formula is C11H9ClF5NO. The Morgan fingerprint density at radius 3 is 1.89 bits per heavy atom. The predicted molar refractivity (Wildman–Crippen MR) is 58.5 cm³/mol. The van der Waals surface area contributed by atoms with Crippen LogP contribution in [0.3, 0.4) is 0 Å². The third kappa shape index (κ3) is 3.34. The van der Waals surface area contributed by atoms with Crippen molar-refractivity contribution in [2.24, 2.45) is 0 Å². The number of amides is 1. The van der Waals surface area contributed by atoms with Gasteiger partial charge >= 0.3 is 0 Å². The number of hydrogen-bond acceptors (Lipinski definition) is 1. The van der Waals surface area contributed by atoms with Crippen LogP contribution in [0.2, 0.25) is 0 Å². The van der Waals surface area contributed by atoms with E-state index in [9.17, 15) is 26.7 Å². The third-order valence-electron chi connectivity index (χ3n) is 2.26. The minimum atomic E-state index is -2.30. The van der Waals surface area contributed by atoms with Crippen molar-refractivity contribution in [2.45, 2.75) is 18.7 Å². The van der Waals surface area contributed by atoms with Gasteiger partial charge in [-0.15, -0.1) is 11.6 Å². The summed E-state index contributed by atoms with van der Waals surface area (Å²) in [7, 11) is 0. The van der Waals surface area contributed by atoms with Crippen molar-refractivity contribution in [1.29, 1.82) is 0 Å². The van der Waals surface area contributed by atoms with E-state index in [1.165, 1.54) is 0 Å². The molecule has 0 saturated carbocycles. The van der Waals surface area contributed by atoms with Gasteiger partial charge in [0.2, 0.25) is 5.82 Å². The lowest BCUT2D eigenvalue weighted by molar-refractivity contribution is 0.0941. The average Bonchev–Trinajstić information content (AvgIpc) is 2.34. The minimum Gasteiger partial charge on any atom is -0.352 e. The second-order valence-corrected chi connectivity index (χ2v) is 4.52. The SMILES string of the molecule is CC(Cl)CCNC(=O)c1c(F)c(F)c(F)c(F)c1F. The van der Waals surface area contributed by atoms with Crippen LogP contribution in [0.25, 0.3) is 0 Å². The van der Waals surface area contributed by atoms with Crippen molar-refractivity contribution >= 4 is 17.5 Å². The van der Waals surface area contributed by atoms with Gasteiger partial charge in [-0.2, -0.15) is 0 Å². The first kappa shape index (κ1) is 15.7. The normalized spacial score (nSPS) is 12.4. The van der Waals surface area contributed by atoms with Gasteiger partial charge in [-0.3, -0.25) is 4.79 Å². The lowest BCUT2D eigenvalue weighted by Gasteiger charge is -2.09. The molecule has 0 spiro atoms. The van der Waals surface area contributed by atoms with Gasteiger partial charge in [-0.1, -0.05) is 0 Å². The molecule has 1 N–H and O–H groups in total. The number of halogens is 6. The molecule has 1 aromatic rings. The van der Waals surface area contributed by atoms with E-state index in [0.717, 1.165) is 0 Å². The van der Waals surface area contributed by atoms with Gasteiger partial charge in [-0.25, -0.2) is 22.0 Å². The number of benzene rings is 1. The summed E-state index contributed by atoms with van der Waals surface area (Å²) in [6, 6.07) is 0. The Morgan fingerprint density at radius 1 is 1.05 bits per heavy atom. The summed E-state index contributed by atoms with van der Waals surface area (Å²) in [5.41, 5.74) is -1.50. The molecular weight excluding hydrogens is 293 g/mol. The first-order chi connectivity index (χ1) is 8.77. The molecule has 0 aliphatic carbocycles. The Labute approximate surface area is 110 Å². The molecule has 0 bridgehead atoms. The molecule has 1 aromatic carbocycles. The van der Waals surface area contributed by atoms with Crippen molar-refractivity contribution in [3.63, 3.8) is 0 Å².